The van der Waals surface area contributed by atoms with Crippen molar-refractivity contribution in [3.05, 3.63) is 59.3 Å². The number of aromatic nitrogens is 3. The Morgan fingerprint density at radius 3 is 2.76 bits per heavy atom. The van der Waals surface area contributed by atoms with Gasteiger partial charge in [0.05, 0.1) is 12.8 Å². The first-order valence-electron chi connectivity index (χ1n) is 7.45. The Labute approximate surface area is 147 Å². The second kappa shape index (κ2) is 6.28. The number of methoxy groups -OCH3 is 1. The molecule has 0 amide bonds. The molecular formula is C16H14N5O3S-. The van der Waals surface area contributed by atoms with Crippen molar-refractivity contribution >= 4 is 17.4 Å². The maximum absolute atomic E-state index is 11.1. The lowest BCUT2D eigenvalue weighted by Gasteiger charge is -2.21. The highest BCUT2D eigenvalue weighted by Gasteiger charge is 2.28. The van der Waals surface area contributed by atoms with Gasteiger partial charge in [-0.3, -0.25) is 5.21 Å². The van der Waals surface area contributed by atoms with Crippen LogP contribution in [-0.2, 0) is 0 Å². The minimum Gasteiger partial charge on any atom is -0.733 e. The Hall–Kier alpha value is -2.75. The highest BCUT2D eigenvalue weighted by molar-refractivity contribution is 7.99. The Balaban J connectivity index is 1.62. The zero-order valence-electron chi connectivity index (χ0n) is 13.2. The molecule has 0 saturated carbocycles. The first-order valence-corrected chi connectivity index (χ1v) is 8.33. The van der Waals surface area contributed by atoms with E-state index < -0.39 is 0 Å². The average Bonchev–Trinajstić information content (AvgIpc) is 3.22. The fraction of sp³-hybridized carbons (Fsp3) is 0.125. The molecule has 2 aromatic carbocycles. The van der Waals surface area contributed by atoms with E-state index in [0.717, 1.165) is 16.5 Å². The lowest BCUT2D eigenvalue weighted by atomic mass is 10.2. The summed E-state index contributed by atoms with van der Waals surface area (Å²) in [7, 11) is 1.63. The smallest absolute Gasteiger partial charge is 0.212 e. The standard InChI is InChI=1S/C16H14N5O3S/c1-24-13-7-5-10(6-8-13)15-19-20-14(17-18-16(20)25-15)11-3-2-4-12(9-11)21(22)23/h2-9,15,19,22H,1H3/q-1/t15-/m0/s1. The van der Waals surface area contributed by atoms with E-state index in [-0.39, 0.29) is 16.3 Å². The van der Waals surface area contributed by atoms with Crippen LogP contribution in [0.25, 0.3) is 11.4 Å². The van der Waals surface area contributed by atoms with Gasteiger partial charge in [0.1, 0.15) is 11.1 Å². The van der Waals surface area contributed by atoms with E-state index in [1.54, 1.807) is 41.7 Å². The van der Waals surface area contributed by atoms with Gasteiger partial charge in [-0.2, -0.15) is 0 Å². The zero-order valence-corrected chi connectivity index (χ0v) is 14.0. The molecule has 9 heteroatoms. The molecular weight excluding hydrogens is 342 g/mol. The van der Waals surface area contributed by atoms with Crippen LogP contribution in [0.3, 0.4) is 0 Å². The number of rotatable bonds is 4. The summed E-state index contributed by atoms with van der Waals surface area (Å²) in [6.07, 6.45) is 0. The van der Waals surface area contributed by atoms with Gasteiger partial charge in [0.2, 0.25) is 5.16 Å². The molecule has 1 atom stereocenters. The van der Waals surface area contributed by atoms with Crippen molar-refractivity contribution in [2.75, 3.05) is 17.8 Å². The molecule has 2 N–H and O–H groups in total. The van der Waals surface area contributed by atoms with Crippen LogP contribution < -0.4 is 15.4 Å². The zero-order chi connectivity index (χ0) is 17.4. The van der Waals surface area contributed by atoms with Crippen LogP contribution in [0.4, 0.5) is 5.69 Å². The molecule has 0 spiro atoms. The van der Waals surface area contributed by atoms with Crippen LogP contribution >= 0.6 is 11.8 Å². The molecule has 0 saturated heterocycles. The first-order chi connectivity index (χ1) is 12.2. The Kier molecular flexibility index (Phi) is 3.96. The monoisotopic (exact) mass is 356 g/mol. The molecule has 1 aliphatic heterocycles. The molecule has 1 aliphatic rings. The molecule has 2 heterocycles. The van der Waals surface area contributed by atoms with Crippen molar-refractivity contribution < 1.29 is 9.94 Å². The topological polar surface area (TPSA) is 98.5 Å². The maximum Gasteiger partial charge on any atom is 0.212 e. The van der Waals surface area contributed by atoms with Crippen molar-refractivity contribution in [1.82, 2.24) is 14.9 Å². The molecule has 0 unspecified atom stereocenters. The number of ether oxygens (including phenoxy) is 1. The fourth-order valence-corrected chi connectivity index (χ4v) is 3.58. The van der Waals surface area contributed by atoms with Crippen LogP contribution in [0.1, 0.15) is 10.9 Å². The third-order valence-corrected chi connectivity index (χ3v) is 4.94. The normalized spacial score (nSPS) is 15.6. The summed E-state index contributed by atoms with van der Waals surface area (Å²) in [5, 5.41) is 29.1. The van der Waals surface area contributed by atoms with E-state index in [0.29, 0.717) is 11.4 Å². The van der Waals surface area contributed by atoms with Gasteiger partial charge >= 0.3 is 0 Å². The van der Waals surface area contributed by atoms with Crippen LogP contribution in [0.5, 0.6) is 5.75 Å². The summed E-state index contributed by atoms with van der Waals surface area (Å²) in [5.41, 5.74) is 5.23. The lowest BCUT2D eigenvalue weighted by molar-refractivity contribution is 0.296. The van der Waals surface area contributed by atoms with Crippen molar-refractivity contribution in [1.29, 1.82) is 0 Å². The van der Waals surface area contributed by atoms with Gasteiger partial charge in [-0.15, -0.1) is 10.2 Å². The lowest BCUT2D eigenvalue weighted by Crippen LogP contribution is -2.14. The third-order valence-electron chi connectivity index (χ3n) is 3.85. The summed E-state index contributed by atoms with van der Waals surface area (Å²) in [4.78, 5) is 0. The van der Waals surface area contributed by atoms with Crippen LogP contribution in [0.2, 0.25) is 0 Å². The fourth-order valence-electron chi connectivity index (χ4n) is 2.58. The van der Waals surface area contributed by atoms with Crippen LogP contribution in [0.15, 0.2) is 53.7 Å². The number of thioether (sulfide) groups is 1. The van der Waals surface area contributed by atoms with E-state index in [4.69, 9.17) is 9.94 Å². The molecule has 0 bridgehead atoms. The van der Waals surface area contributed by atoms with Crippen LogP contribution in [-0.4, -0.2) is 27.2 Å². The SMILES string of the molecule is COc1ccc([C@H]2Nn3c(nnc3-c3cccc(N([O-])O)c3)S2)cc1. The van der Waals surface area contributed by atoms with Crippen molar-refractivity contribution in [3.63, 3.8) is 0 Å². The molecule has 0 radical (unpaired) electrons. The highest BCUT2D eigenvalue weighted by atomic mass is 32.2. The predicted molar refractivity (Wildman–Crippen MR) is 94.0 cm³/mol. The predicted octanol–water partition coefficient (Wildman–Crippen LogP) is 3.00. The molecule has 0 fully saturated rings. The number of hydrogen-bond donors (Lipinski definition) is 2. The molecule has 1 aromatic heterocycles. The summed E-state index contributed by atoms with van der Waals surface area (Å²) in [6.45, 7) is 0. The maximum atomic E-state index is 11.1. The van der Waals surface area contributed by atoms with Gasteiger partial charge in [0, 0.05) is 5.56 Å². The van der Waals surface area contributed by atoms with Gasteiger partial charge in [-0.25, -0.2) is 4.68 Å². The summed E-state index contributed by atoms with van der Waals surface area (Å²) in [6, 6.07) is 14.3. The summed E-state index contributed by atoms with van der Waals surface area (Å²) < 4.78 is 6.96. The second-order valence-electron chi connectivity index (χ2n) is 5.37. The number of hydrogen-bond acceptors (Lipinski definition) is 8. The Morgan fingerprint density at radius 1 is 1.24 bits per heavy atom. The number of benzene rings is 2. The molecule has 3 aromatic rings. The Morgan fingerprint density at radius 2 is 2.04 bits per heavy atom. The number of anilines is 1. The largest absolute Gasteiger partial charge is 0.733 e. The summed E-state index contributed by atoms with van der Waals surface area (Å²) in [5.74, 6) is 1.37. The second-order valence-corrected chi connectivity index (χ2v) is 6.44. The quantitative estimate of drug-likeness (QED) is 0.689. The molecule has 4 rings (SSSR count). The van der Waals surface area contributed by atoms with Gasteiger partial charge in [-0.1, -0.05) is 36.0 Å². The molecule has 0 aliphatic carbocycles. The number of fused-ring (bicyclic) bond motifs is 1. The number of nitrogens with one attached hydrogen (secondary N) is 1. The average molecular weight is 356 g/mol. The van der Waals surface area contributed by atoms with E-state index >= 15 is 0 Å². The van der Waals surface area contributed by atoms with Crippen molar-refractivity contribution in [2.24, 2.45) is 0 Å². The molecule has 128 valence electrons. The van der Waals surface area contributed by atoms with Crippen molar-refractivity contribution in [3.8, 4) is 17.1 Å². The minimum absolute atomic E-state index is 0.00723. The van der Waals surface area contributed by atoms with Gasteiger partial charge in [-0.05, 0) is 29.8 Å². The van der Waals surface area contributed by atoms with E-state index in [9.17, 15) is 5.21 Å². The van der Waals surface area contributed by atoms with Crippen LogP contribution in [0, 0.1) is 5.21 Å². The van der Waals surface area contributed by atoms with E-state index in [1.165, 1.54) is 6.07 Å². The molecule has 8 nitrogen and oxygen atoms in total. The minimum atomic E-state index is -0.174. The third kappa shape index (κ3) is 2.88. The number of nitrogens with zero attached hydrogens (tertiary/aromatic N) is 4. The van der Waals surface area contributed by atoms with E-state index in [1.807, 2.05) is 24.3 Å². The summed E-state index contributed by atoms with van der Waals surface area (Å²) >= 11 is 1.54. The van der Waals surface area contributed by atoms with Gasteiger partial charge in [0.15, 0.2) is 5.82 Å². The van der Waals surface area contributed by atoms with Crippen molar-refractivity contribution in [2.45, 2.75) is 10.5 Å². The molecule has 25 heavy (non-hydrogen) atoms. The van der Waals surface area contributed by atoms with Gasteiger partial charge < -0.3 is 20.6 Å². The highest BCUT2D eigenvalue weighted by Crippen LogP contribution is 2.40. The van der Waals surface area contributed by atoms with E-state index in [2.05, 4.69) is 15.6 Å². The van der Waals surface area contributed by atoms with Gasteiger partial charge in [0.25, 0.3) is 0 Å². The first kappa shape index (κ1) is 15.8. The Bertz CT molecular complexity index is 897.